The van der Waals surface area contributed by atoms with Crippen molar-refractivity contribution in [2.24, 2.45) is 0 Å². The zero-order valence-corrected chi connectivity index (χ0v) is 32.7. The summed E-state index contributed by atoms with van der Waals surface area (Å²) in [5, 5.41) is 16.4. The second-order valence-electron chi connectivity index (χ2n) is 12.2. The van der Waals surface area contributed by atoms with E-state index in [0.717, 1.165) is 50.1 Å². The Bertz CT molecular complexity index is 2510. The fourth-order valence-electron chi connectivity index (χ4n) is 5.65. The Morgan fingerprint density at radius 1 is 0.625 bits per heavy atom. The van der Waals surface area contributed by atoms with E-state index in [2.05, 4.69) is 30.8 Å². The molecular formula is C41H41N7O7S. The summed E-state index contributed by atoms with van der Waals surface area (Å²) in [6.45, 7) is 5.85. The number of nitrogens with two attached hydrogens (primary N) is 1. The summed E-state index contributed by atoms with van der Waals surface area (Å²) in [5.74, 6) is 5.18. The van der Waals surface area contributed by atoms with Crippen LogP contribution in [0.2, 0.25) is 0 Å². The molecule has 0 saturated heterocycles. The average Bonchev–Trinajstić information content (AvgIpc) is 3.66. The van der Waals surface area contributed by atoms with E-state index in [1.807, 2.05) is 69.3 Å². The maximum atomic E-state index is 12.3. The molecule has 0 aliphatic heterocycles. The summed E-state index contributed by atoms with van der Waals surface area (Å²) in [6, 6.07) is 21.5. The highest BCUT2D eigenvalue weighted by Gasteiger charge is 2.15. The number of anilines is 3. The molecule has 7 rings (SSSR count). The van der Waals surface area contributed by atoms with E-state index < -0.39 is 0 Å². The Balaban J connectivity index is 0.000000202. The van der Waals surface area contributed by atoms with Gasteiger partial charge in [0.25, 0.3) is 0 Å². The van der Waals surface area contributed by atoms with Gasteiger partial charge in [0.05, 0.1) is 39.5 Å². The highest BCUT2D eigenvalue weighted by Crippen LogP contribution is 2.39. The average molecular weight is 776 g/mol. The molecule has 4 aromatic carbocycles. The van der Waals surface area contributed by atoms with Crippen LogP contribution in [0.5, 0.6) is 46.0 Å². The molecule has 0 aliphatic rings. The third-order valence-electron chi connectivity index (χ3n) is 8.48. The molecule has 0 saturated carbocycles. The van der Waals surface area contributed by atoms with Gasteiger partial charge in [-0.2, -0.15) is 0 Å². The number of carbonyl (C=O) groups excluding carboxylic acids is 1. The number of pyridine rings is 2. The lowest BCUT2D eigenvalue weighted by atomic mass is 10.1. The molecule has 0 unspecified atom stereocenters. The number of hydrogen-bond acceptors (Lipinski definition) is 13. The Hall–Kier alpha value is -6.87. The van der Waals surface area contributed by atoms with Crippen LogP contribution in [-0.4, -0.2) is 54.6 Å². The minimum absolute atomic E-state index is 0.386. The first kappa shape index (κ1) is 38.8. The van der Waals surface area contributed by atoms with Crippen molar-refractivity contribution in [2.75, 3.05) is 44.8 Å². The van der Waals surface area contributed by atoms with Gasteiger partial charge in [-0.15, -0.1) is 10.2 Å². The molecule has 0 fully saturated rings. The number of aryl methyl sites for hydroxylation is 3. The number of aromatic nitrogens is 4. The molecule has 4 N–H and O–H groups in total. The number of nitrogen functional groups attached to an aromatic ring is 1. The highest BCUT2D eigenvalue weighted by molar-refractivity contribution is 7.15. The van der Waals surface area contributed by atoms with Crippen molar-refractivity contribution in [1.29, 1.82) is 0 Å². The first-order chi connectivity index (χ1) is 27.1. The van der Waals surface area contributed by atoms with E-state index in [0.29, 0.717) is 56.8 Å². The minimum Gasteiger partial charge on any atom is -0.493 e. The molecular weight excluding hydrogens is 735 g/mol. The summed E-state index contributed by atoms with van der Waals surface area (Å²) in [4.78, 5) is 21.0. The molecule has 0 spiro atoms. The zero-order chi connectivity index (χ0) is 39.8. The van der Waals surface area contributed by atoms with Crippen LogP contribution in [0.25, 0.3) is 21.8 Å². The molecule has 3 aromatic heterocycles. The van der Waals surface area contributed by atoms with Crippen molar-refractivity contribution in [2.45, 2.75) is 27.2 Å². The SMILES string of the molecule is CCc1nnc(NC(=O)Nc2ccc(Oc3ccnc4cc(OC)c(OC)cc34)c(C)c2)s1.COc1cc2nccc(Oc3ccc(N)cc3C)c2cc1OC. The van der Waals surface area contributed by atoms with Crippen molar-refractivity contribution in [3.05, 3.63) is 101 Å². The summed E-state index contributed by atoms with van der Waals surface area (Å²) in [6.07, 6.45) is 4.15. The van der Waals surface area contributed by atoms with Crippen LogP contribution >= 0.6 is 11.3 Å². The van der Waals surface area contributed by atoms with Gasteiger partial charge in [-0.3, -0.25) is 15.3 Å². The second-order valence-corrected chi connectivity index (χ2v) is 13.3. The van der Waals surface area contributed by atoms with Crippen LogP contribution in [0.1, 0.15) is 23.1 Å². The first-order valence-electron chi connectivity index (χ1n) is 17.4. The number of fused-ring (bicyclic) bond motifs is 2. The number of methoxy groups -OCH3 is 4. The summed E-state index contributed by atoms with van der Waals surface area (Å²) in [7, 11) is 6.37. The standard InChI is InChI=1S/C23H23N5O4S.C18H18N2O3/c1-5-21-27-28-23(33-21)26-22(29)25-14-6-7-17(13(2)10-14)32-18-8-9-24-16-12-20(31-4)19(30-3)11-15(16)18;1-11-8-12(19)4-5-15(11)23-16-6-7-20-14-10-18(22-3)17(21-2)9-13(14)16/h6-12H,5H2,1-4H3,(H2,25,26,28,29);4-10H,19H2,1-3H3. The minimum atomic E-state index is -0.386. The van der Waals surface area contributed by atoms with Gasteiger partial charge < -0.3 is 39.5 Å². The quantitative estimate of drug-likeness (QED) is 0.106. The fraction of sp³-hybridized carbons (Fsp3) is 0.195. The normalized spacial score (nSPS) is 10.6. The number of carbonyl (C=O) groups is 1. The van der Waals surface area contributed by atoms with E-state index in [9.17, 15) is 4.79 Å². The van der Waals surface area contributed by atoms with Gasteiger partial charge in [0.15, 0.2) is 23.0 Å². The first-order valence-corrected chi connectivity index (χ1v) is 18.2. The summed E-state index contributed by atoms with van der Waals surface area (Å²) < 4.78 is 33.7. The number of benzene rings is 4. The number of amides is 2. The Kier molecular flexibility index (Phi) is 12.1. The molecule has 288 valence electrons. The lowest BCUT2D eigenvalue weighted by Gasteiger charge is -2.14. The van der Waals surface area contributed by atoms with Crippen molar-refractivity contribution in [3.8, 4) is 46.0 Å². The Morgan fingerprint density at radius 2 is 1.14 bits per heavy atom. The van der Waals surface area contributed by atoms with E-state index in [1.54, 1.807) is 65.1 Å². The van der Waals surface area contributed by atoms with Crippen LogP contribution in [0.15, 0.2) is 85.2 Å². The van der Waals surface area contributed by atoms with Gasteiger partial charge in [0.1, 0.15) is 28.0 Å². The second kappa shape index (κ2) is 17.5. The van der Waals surface area contributed by atoms with Crippen LogP contribution in [0, 0.1) is 13.8 Å². The third-order valence-corrected chi connectivity index (χ3v) is 9.46. The van der Waals surface area contributed by atoms with Crippen molar-refractivity contribution < 1.29 is 33.2 Å². The topological polar surface area (TPSA) is 174 Å². The third kappa shape index (κ3) is 8.90. The number of nitrogens with zero attached hydrogens (tertiary/aromatic N) is 4. The molecule has 0 radical (unpaired) electrons. The van der Waals surface area contributed by atoms with Crippen molar-refractivity contribution in [3.63, 3.8) is 0 Å². The molecule has 0 atom stereocenters. The fourth-order valence-corrected chi connectivity index (χ4v) is 6.32. The molecule has 3 heterocycles. The van der Waals surface area contributed by atoms with Gasteiger partial charge in [-0.25, -0.2) is 4.79 Å². The monoisotopic (exact) mass is 775 g/mol. The Morgan fingerprint density at radius 3 is 1.62 bits per heavy atom. The molecule has 0 aliphatic carbocycles. The van der Waals surface area contributed by atoms with Crippen LogP contribution in [0.3, 0.4) is 0 Å². The van der Waals surface area contributed by atoms with Crippen LogP contribution in [0.4, 0.5) is 21.3 Å². The molecule has 14 nitrogen and oxygen atoms in total. The largest absolute Gasteiger partial charge is 0.493 e. The molecule has 15 heteroatoms. The predicted molar refractivity (Wildman–Crippen MR) is 219 cm³/mol. The van der Waals surface area contributed by atoms with Gasteiger partial charge in [0, 0.05) is 46.7 Å². The Labute approximate surface area is 327 Å². The van der Waals surface area contributed by atoms with Crippen molar-refractivity contribution in [1.82, 2.24) is 20.2 Å². The maximum Gasteiger partial charge on any atom is 0.325 e. The van der Waals surface area contributed by atoms with Crippen LogP contribution < -0.4 is 44.8 Å². The summed E-state index contributed by atoms with van der Waals surface area (Å²) in [5.41, 5.74) is 10.4. The lowest BCUT2D eigenvalue weighted by Crippen LogP contribution is -2.19. The molecule has 7 aromatic rings. The maximum absolute atomic E-state index is 12.3. The van der Waals surface area contributed by atoms with Gasteiger partial charge in [0.2, 0.25) is 5.13 Å². The van der Waals surface area contributed by atoms with Gasteiger partial charge in [-0.1, -0.05) is 18.3 Å². The number of nitrogens with one attached hydrogen (secondary N) is 2. The number of urea groups is 1. The smallest absolute Gasteiger partial charge is 0.325 e. The van der Waals surface area contributed by atoms with E-state index >= 15 is 0 Å². The van der Waals surface area contributed by atoms with E-state index in [-0.39, 0.29) is 6.03 Å². The number of ether oxygens (including phenoxy) is 6. The molecule has 0 bridgehead atoms. The lowest BCUT2D eigenvalue weighted by molar-refractivity contribution is 0.262. The van der Waals surface area contributed by atoms with Crippen LogP contribution in [-0.2, 0) is 6.42 Å². The van der Waals surface area contributed by atoms with Crippen molar-refractivity contribution >= 4 is 55.7 Å². The van der Waals surface area contributed by atoms with Gasteiger partial charge in [-0.05, 0) is 92.1 Å². The molecule has 2 amide bonds. The zero-order valence-electron chi connectivity index (χ0n) is 31.9. The summed E-state index contributed by atoms with van der Waals surface area (Å²) >= 11 is 1.35. The predicted octanol–water partition coefficient (Wildman–Crippen LogP) is 9.35. The molecule has 56 heavy (non-hydrogen) atoms. The highest BCUT2D eigenvalue weighted by atomic mass is 32.1. The van der Waals surface area contributed by atoms with E-state index in [1.165, 1.54) is 11.3 Å². The van der Waals surface area contributed by atoms with E-state index in [4.69, 9.17) is 34.2 Å². The number of rotatable bonds is 11. The number of hydrogen-bond donors (Lipinski definition) is 3. The van der Waals surface area contributed by atoms with Gasteiger partial charge >= 0.3 is 6.03 Å².